The molecule has 0 unspecified atom stereocenters. The molecule has 0 saturated heterocycles. The number of aliphatic hydroxyl groups excluding tert-OH is 1. The molecule has 0 radical (unpaired) electrons. The van der Waals surface area contributed by atoms with E-state index < -0.39 is 35.8 Å². The van der Waals surface area contributed by atoms with E-state index in [2.05, 4.69) is 15.8 Å². The van der Waals surface area contributed by atoms with Crippen LogP contribution >= 0.6 is 23.2 Å². The number of aromatic nitrogens is 1. The third-order valence-corrected chi connectivity index (χ3v) is 6.06. The molecule has 2 aromatic carbocycles. The minimum atomic E-state index is -1.40. The monoisotopic (exact) mass is 590 g/mol. The smallest absolute Gasteiger partial charge is 0.270 e. The van der Waals surface area contributed by atoms with Crippen molar-refractivity contribution in [2.45, 2.75) is 38.9 Å². The zero-order chi connectivity index (χ0) is 29.6. The summed E-state index contributed by atoms with van der Waals surface area (Å²) in [5, 5.41) is 29.0. The number of nitrogens with one attached hydrogen (secondary N) is 2. The largest absolute Gasteiger partial charge is 0.475 e. The maximum absolute atomic E-state index is 15.2. The normalized spacial score (nSPS) is 11.8. The zero-order valence-corrected chi connectivity index (χ0v) is 23.1. The van der Waals surface area contributed by atoms with Crippen molar-refractivity contribution in [3.63, 3.8) is 0 Å². The number of aliphatic hydroxyl groups is 2. The van der Waals surface area contributed by atoms with Crippen LogP contribution in [-0.2, 0) is 11.2 Å². The number of halogens is 3. The number of aryl methyl sites for hydroxylation is 1. The number of carbonyl (C=O) groups is 2. The maximum atomic E-state index is 15.2. The van der Waals surface area contributed by atoms with Gasteiger partial charge in [-0.1, -0.05) is 29.3 Å². The van der Waals surface area contributed by atoms with Crippen molar-refractivity contribution in [3.05, 3.63) is 80.7 Å². The Kier molecular flexibility index (Phi) is 9.89. The molecule has 3 aromatic rings. The molecule has 13 heteroatoms. The Balaban J connectivity index is 1.66. The van der Waals surface area contributed by atoms with Crippen molar-refractivity contribution < 1.29 is 33.7 Å². The van der Waals surface area contributed by atoms with Gasteiger partial charge in [0.05, 0.1) is 34.2 Å². The number of amides is 2. The molecular formula is C27H25Cl2FN4O6. The zero-order valence-electron chi connectivity index (χ0n) is 21.6. The summed E-state index contributed by atoms with van der Waals surface area (Å²) in [4.78, 5) is 29.2. The van der Waals surface area contributed by atoms with Gasteiger partial charge in [0.25, 0.3) is 5.91 Å². The van der Waals surface area contributed by atoms with Crippen LogP contribution in [0.4, 0.5) is 4.39 Å². The van der Waals surface area contributed by atoms with Crippen LogP contribution in [0.15, 0.2) is 42.6 Å². The minimum absolute atomic E-state index is 0.0164. The van der Waals surface area contributed by atoms with Crippen LogP contribution in [0.25, 0.3) is 0 Å². The van der Waals surface area contributed by atoms with Crippen molar-refractivity contribution in [2.24, 2.45) is 0 Å². The first kappa shape index (κ1) is 30.6. The lowest BCUT2D eigenvalue weighted by molar-refractivity contribution is -0.121. The first-order valence-electron chi connectivity index (χ1n) is 11.7. The highest BCUT2D eigenvalue weighted by atomic mass is 35.5. The molecule has 1 atom stereocenters. The number of hydrogen-bond donors (Lipinski definition) is 4. The van der Waals surface area contributed by atoms with E-state index in [0.717, 1.165) is 0 Å². The predicted molar refractivity (Wildman–Crippen MR) is 144 cm³/mol. The molecule has 10 nitrogen and oxygen atoms in total. The lowest BCUT2D eigenvalue weighted by Crippen LogP contribution is -2.42. The van der Waals surface area contributed by atoms with E-state index in [1.165, 1.54) is 56.4 Å². The first-order valence-corrected chi connectivity index (χ1v) is 12.5. The molecule has 4 N–H and O–H groups in total. The van der Waals surface area contributed by atoms with Crippen molar-refractivity contribution in [2.75, 3.05) is 6.61 Å². The Morgan fingerprint density at radius 3 is 2.60 bits per heavy atom. The number of benzene rings is 2. The van der Waals surface area contributed by atoms with Gasteiger partial charge in [0.15, 0.2) is 11.6 Å². The molecule has 0 aliphatic rings. The Morgan fingerprint density at radius 2 is 1.93 bits per heavy atom. The standard InChI is InChI=1S/C27H25Cl2FN4O6/c1-14-12-32-23(39-13-21(35)27(2,3)38)10-19(14)26(37)34-33-22(36)8-16-4-5-20(29)25(24(16)30)40-18-7-15(11-31)6-17(28)9-18/h4-7,9-10,12,21,35,38H,8,13H2,1-3H3,(H,33,36)(H,34,37)/t21-/m0/s1. The number of pyridine rings is 1. The Hall–Kier alpha value is -3.95. The van der Waals surface area contributed by atoms with E-state index in [0.29, 0.717) is 5.56 Å². The third kappa shape index (κ3) is 8.03. The van der Waals surface area contributed by atoms with Gasteiger partial charge in [0, 0.05) is 22.8 Å². The van der Waals surface area contributed by atoms with Crippen molar-refractivity contribution in [1.82, 2.24) is 15.8 Å². The highest BCUT2D eigenvalue weighted by Gasteiger charge is 2.25. The van der Waals surface area contributed by atoms with E-state index in [1.807, 2.05) is 6.07 Å². The molecule has 0 aliphatic heterocycles. The molecule has 210 valence electrons. The summed E-state index contributed by atoms with van der Waals surface area (Å²) in [6.45, 7) is 4.18. The van der Waals surface area contributed by atoms with E-state index in [9.17, 15) is 19.8 Å². The van der Waals surface area contributed by atoms with Gasteiger partial charge in [-0.3, -0.25) is 20.4 Å². The van der Waals surface area contributed by atoms with Crippen LogP contribution in [0.5, 0.6) is 17.4 Å². The van der Waals surface area contributed by atoms with Crippen molar-refractivity contribution in [3.8, 4) is 23.4 Å². The van der Waals surface area contributed by atoms with Gasteiger partial charge >= 0.3 is 0 Å². The second kappa shape index (κ2) is 12.9. The average Bonchev–Trinajstić information content (AvgIpc) is 2.89. The lowest BCUT2D eigenvalue weighted by atomic mass is 10.0. The van der Waals surface area contributed by atoms with Gasteiger partial charge in [-0.05, 0) is 50.6 Å². The quantitative estimate of drug-likeness (QED) is 0.272. The van der Waals surface area contributed by atoms with Crippen LogP contribution < -0.4 is 20.3 Å². The lowest BCUT2D eigenvalue weighted by Gasteiger charge is -2.24. The van der Waals surface area contributed by atoms with Crippen LogP contribution in [0.3, 0.4) is 0 Å². The summed E-state index contributed by atoms with van der Waals surface area (Å²) < 4.78 is 26.1. The number of nitriles is 1. The third-order valence-electron chi connectivity index (χ3n) is 5.54. The molecule has 2 amide bonds. The summed E-state index contributed by atoms with van der Waals surface area (Å²) >= 11 is 12.1. The molecule has 1 aromatic heterocycles. The average molecular weight is 591 g/mol. The van der Waals surface area contributed by atoms with Gasteiger partial charge in [-0.15, -0.1) is 0 Å². The molecular weight excluding hydrogens is 566 g/mol. The number of ether oxygens (including phenoxy) is 2. The summed E-state index contributed by atoms with van der Waals surface area (Å²) in [5.41, 5.74) is 3.76. The van der Waals surface area contributed by atoms with Gasteiger partial charge in [-0.25, -0.2) is 9.37 Å². The van der Waals surface area contributed by atoms with Crippen molar-refractivity contribution in [1.29, 1.82) is 5.26 Å². The summed E-state index contributed by atoms with van der Waals surface area (Å²) in [6.07, 6.45) is -0.309. The highest BCUT2D eigenvalue weighted by molar-refractivity contribution is 6.32. The summed E-state index contributed by atoms with van der Waals surface area (Å²) in [6, 6.07) is 9.99. The topological polar surface area (TPSA) is 154 Å². The number of nitrogens with zero attached hydrogens (tertiary/aromatic N) is 2. The number of hydrogen-bond acceptors (Lipinski definition) is 8. The van der Waals surface area contributed by atoms with Crippen LogP contribution in [0.1, 0.15) is 40.9 Å². The Bertz CT molecular complexity index is 1470. The van der Waals surface area contributed by atoms with Gasteiger partial charge in [-0.2, -0.15) is 5.26 Å². The van der Waals surface area contributed by atoms with Gasteiger partial charge < -0.3 is 19.7 Å². The van der Waals surface area contributed by atoms with Crippen LogP contribution in [0.2, 0.25) is 10.0 Å². The number of rotatable bonds is 9. The van der Waals surface area contributed by atoms with E-state index >= 15 is 4.39 Å². The molecule has 0 spiro atoms. The highest BCUT2D eigenvalue weighted by Crippen LogP contribution is 2.35. The van der Waals surface area contributed by atoms with E-state index in [4.69, 9.17) is 37.9 Å². The minimum Gasteiger partial charge on any atom is -0.475 e. The second-order valence-electron chi connectivity index (χ2n) is 9.24. The summed E-state index contributed by atoms with van der Waals surface area (Å²) in [5.74, 6) is -2.63. The SMILES string of the molecule is Cc1cnc(OC[C@H](O)C(C)(C)O)cc1C(=O)NNC(=O)Cc1ccc(Cl)c(Oc2cc(Cl)cc(C#N)c2)c1F. The van der Waals surface area contributed by atoms with Crippen molar-refractivity contribution >= 4 is 35.0 Å². The van der Waals surface area contributed by atoms with Crippen LogP contribution in [0, 0.1) is 24.1 Å². The fourth-order valence-corrected chi connectivity index (χ4v) is 3.62. The van der Waals surface area contributed by atoms with Crippen LogP contribution in [-0.4, -0.2) is 45.3 Å². The molecule has 0 fully saturated rings. The summed E-state index contributed by atoms with van der Waals surface area (Å²) in [7, 11) is 0. The molecule has 0 bridgehead atoms. The fraction of sp³-hybridized carbons (Fsp3) is 0.259. The van der Waals surface area contributed by atoms with Gasteiger partial charge in [0.2, 0.25) is 11.8 Å². The number of carbonyl (C=O) groups excluding carboxylic acids is 2. The molecule has 1 heterocycles. The van der Waals surface area contributed by atoms with E-state index in [1.54, 1.807) is 6.92 Å². The van der Waals surface area contributed by atoms with E-state index in [-0.39, 0.29) is 50.7 Å². The molecule has 0 aliphatic carbocycles. The molecule has 40 heavy (non-hydrogen) atoms. The first-order chi connectivity index (χ1) is 18.8. The Morgan fingerprint density at radius 1 is 1.20 bits per heavy atom. The molecule has 0 saturated carbocycles. The second-order valence-corrected chi connectivity index (χ2v) is 10.1. The Labute approximate surface area is 239 Å². The number of hydrazine groups is 1. The maximum Gasteiger partial charge on any atom is 0.270 e. The molecule has 3 rings (SSSR count). The van der Waals surface area contributed by atoms with Gasteiger partial charge in [0.1, 0.15) is 18.5 Å². The fourth-order valence-electron chi connectivity index (χ4n) is 3.21. The predicted octanol–water partition coefficient (Wildman–Crippen LogP) is 4.01.